The Kier molecular flexibility index (Phi) is 1.49. The van der Waals surface area contributed by atoms with E-state index in [1.807, 2.05) is 0 Å². The second kappa shape index (κ2) is 2.34. The van der Waals surface area contributed by atoms with Crippen molar-refractivity contribution in [3.8, 4) is 0 Å². The van der Waals surface area contributed by atoms with E-state index in [2.05, 4.69) is 6.58 Å². The van der Waals surface area contributed by atoms with Crippen LogP contribution in [0.5, 0.6) is 0 Å². The summed E-state index contributed by atoms with van der Waals surface area (Å²) in [6.07, 6.45) is 2.61. The van der Waals surface area contributed by atoms with E-state index in [-0.39, 0.29) is 11.8 Å². The molecular formula is C9H11NO3. The number of piperidine rings is 1. The van der Waals surface area contributed by atoms with Crippen molar-refractivity contribution in [3.63, 3.8) is 0 Å². The second-order valence-electron chi connectivity index (χ2n) is 3.61. The predicted octanol–water partition coefficient (Wildman–Crippen LogP) is 0.248. The van der Waals surface area contributed by atoms with E-state index in [0.29, 0.717) is 13.0 Å². The first-order valence-corrected chi connectivity index (χ1v) is 4.30. The van der Waals surface area contributed by atoms with Crippen LogP contribution in [0.1, 0.15) is 12.8 Å². The zero-order valence-electron chi connectivity index (χ0n) is 7.19. The third kappa shape index (κ3) is 0.855. The molecule has 1 N–H and O–H groups in total. The van der Waals surface area contributed by atoms with Crippen LogP contribution in [-0.4, -0.2) is 34.0 Å². The van der Waals surface area contributed by atoms with Gasteiger partial charge in [-0.3, -0.25) is 4.79 Å². The van der Waals surface area contributed by atoms with Crippen molar-refractivity contribution in [1.82, 2.24) is 4.90 Å². The van der Waals surface area contributed by atoms with Crippen molar-refractivity contribution in [2.75, 3.05) is 6.54 Å². The van der Waals surface area contributed by atoms with Crippen molar-refractivity contribution in [1.29, 1.82) is 0 Å². The average Bonchev–Trinajstić information content (AvgIpc) is 2.73. The van der Waals surface area contributed by atoms with E-state index in [9.17, 15) is 9.59 Å². The Hall–Kier alpha value is -1.32. The summed E-state index contributed by atoms with van der Waals surface area (Å²) in [6, 6.07) is 0. The summed E-state index contributed by atoms with van der Waals surface area (Å²) < 4.78 is 0. The highest BCUT2D eigenvalue weighted by Gasteiger charge is 2.68. The summed E-state index contributed by atoms with van der Waals surface area (Å²) in [7, 11) is 0. The van der Waals surface area contributed by atoms with Crippen LogP contribution in [0.4, 0.5) is 0 Å². The molecule has 2 rings (SSSR count). The molecule has 1 saturated heterocycles. The van der Waals surface area contributed by atoms with E-state index in [1.54, 1.807) is 0 Å². The molecule has 0 aromatic heterocycles. The number of rotatable bonds is 2. The second-order valence-corrected chi connectivity index (χ2v) is 3.61. The minimum atomic E-state index is -0.870. The number of amides is 1. The van der Waals surface area contributed by atoms with Gasteiger partial charge in [0.25, 0.3) is 0 Å². The Balaban J connectivity index is 2.26. The lowest BCUT2D eigenvalue weighted by atomic mass is 10.2. The number of carboxylic acid groups (broad SMARTS) is 1. The zero-order valence-corrected chi connectivity index (χ0v) is 7.19. The van der Waals surface area contributed by atoms with Crippen LogP contribution in [0.25, 0.3) is 0 Å². The van der Waals surface area contributed by atoms with Gasteiger partial charge < -0.3 is 10.0 Å². The lowest BCUT2D eigenvalue weighted by Crippen LogP contribution is -2.44. The van der Waals surface area contributed by atoms with Crippen molar-refractivity contribution in [2.24, 2.45) is 5.92 Å². The van der Waals surface area contributed by atoms with E-state index >= 15 is 0 Å². The van der Waals surface area contributed by atoms with Gasteiger partial charge in [0.1, 0.15) is 5.54 Å². The normalized spacial score (nSPS) is 35.4. The Labute approximate surface area is 75.8 Å². The molecule has 2 atom stereocenters. The smallest absolute Gasteiger partial charge is 0.329 e. The first-order chi connectivity index (χ1) is 6.13. The number of fused-ring (bicyclic) bond motifs is 1. The van der Waals surface area contributed by atoms with Crippen LogP contribution in [0.2, 0.25) is 0 Å². The van der Waals surface area contributed by atoms with Gasteiger partial charge in [-0.1, -0.05) is 6.58 Å². The molecule has 0 aromatic rings. The van der Waals surface area contributed by atoms with Gasteiger partial charge in [0, 0.05) is 6.54 Å². The molecular weight excluding hydrogens is 170 g/mol. The third-order valence-corrected chi connectivity index (χ3v) is 3.07. The van der Waals surface area contributed by atoms with E-state index in [0.717, 1.165) is 6.42 Å². The molecule has 0 bridgehead atoms. The van der Waals surface area contributed by atoms with Gasteiger partial charge in [-0.15, -0.1) is 0 Å². The lowest BCUT2D eigenvalue weighted by molar-refractivity contribution is -0.149. The van der Waals surface area contributed by atoms with E-state index in [1.165, 1.54) is 11.0 Å². The molecule has 1 heterocycles. The highest BCUT2D eigenvalue weighted by atomic mass is 16.4. The van der Waals surface area contributed by atoms with Crippen LogP contribution in [0.3, 0.4) is 0 Å². The number of carbonyl (C=O) groups is 2. The van der Waals surface area contributed by atoms with Gasteiger partial charge in [-0.2, -0.15) is 0 Å². The van der Waals surface area contributed by atoms with Crippen molar-refractivity contribution in [3.05, 3.63) is 12.7 Å². The minimum absolute atomic E-state index is 0.175. The van der Waals surface area contributed by atoms with Gasteiger partial charge in [0.05, 0.1) is 0 Å². The van der Waals surface area contributed by atoms with Gasteiger partial charge >= 0.3 is 5.97 Å². The molecule has 4 nitrogen and oxygen atoms in total. The Morgan fingerprint density at radius 3 is 2.77 bits per heavy atom. The first-order valence-electron chi connectivity index (χ1n) is 4.30. The molecule has 0 aromatic carbocycles. The number of carboxylic acids is 1. The Morgan fingerprint density at radius 2 is 2.31 bits per heavy atom. The number of nitrogens with zero attached hydrogens (tertiary/aromatic N) is 1. The number of carbonyl (C=O) groups excluding carboxylic acids is 1. The number of hydrogen-bond acceptors (Lipinski definition) is 2. The zero-order chi connectivity index (χ0) is 9.64. The van der Waals surface area contributed by atoms with Crippen LogP contribution in [0.15, 0.2) is 12.7 Å². The van der Waals surface area contributed by atoms with Crippen LogP contribution in [-0.2, 0) is 9.59 Å². The molecule has 0 radical (unpaired) electrons. The lowest BCUT2D eigenvalue weighted by Gasteiger charge is -2.23. The molecule has 2 fully saturated rings. The topological polar surface area (TPSA) is 57.6 Å². The molecule has 2 aliphatic rings. The highest BCUT2D eigenvalue weighted by molar-refractivity contribution is 5.95. The fourth-order valence-electron chi connectivity index (χ4n) is 2.27. The molecule has 4 heteroatoms. The quantitative estimate of drug-likeness (QED) is 0.621. The van der Waals surface area contributed by atoms with Gasteiger partial charge in [0.2, 0.25) is 5.91 Å². The van der Waals surface area contributed by atoms with Crippen molar-refractivity contribution >= 4 is 11.9 Å². The molecule has 1 amide bonds. The molecule has 0 spiro atoms. The Bertz CT molecular complexity index is 299. The van der Waals surface area contributed by atoms with Crippen LogP contribution >= 0.6 is 0 Å². The summed E-state index contributed by atoms with van der Waals surface area (Å²) in [6.45, 7) is 3.92. The minimum Gasteiger partial charge on any atom is -0.479 e. The highest BCUT2D eigenvalue weighted by Crippen LogP contribution is 2.55. The summed E-state index contributed by atoms with van der Waals surface area (Å²) in [5, 5.41) is 9.00. The summed E-state index contributed by atoms with van der Waals surface area (Å²) in [5.41, 5.74) is -0.870. The maximum absolute atomic E-state index is 11.3. The monoisotopic (exact) mass is 181 g/mol. The molecule has 1 aliphatic heterocycles. The average molecular weight is 181 g/mol. The molecule has 1 unspecified atom stereocenters. The van der Waals surface area contributed by atoms with E-state index in [4.69, 9.17) is 5.11 Å². The van der Waals surface area contributed by atoms with Crippen LogP contribution < -0.4 is 0 Å². The Morgan fingerprint density at radius 1 is 1.62 bits per heavy atom. The number of aliphatic carboxylic acids is 1. The largest absolute Gasteiger partial charge is 0.479 e. The van der Waals surface area contributed by atoms with Crippen LogP contribution in [0, 0.1) is 5.92 Å². The molecule has 1 aliphatic carbocycles. The fourth-order valence-corrected chi connectivity index (χ4v) is 2.27. The van der Waals surface area contributed by atoms with Crippen molar-refractivity contribution in [2.45, 2.75) is 18.4 Å². The maximum Gasteiger partial charge on any atom is 0.329 e. The number of likely N-dealkylation sites (tertiary alicyclic amines) is 1. The van der Waals surface area contributed by atoms with E-state index < -0.39 is 11.5 Å². The summed E-state index contributed by atoms with van der Waals surface area (Å²) in [4.78, 5) is 23.7. The third-order valence-electron chi connectivity index (χ3n) is 3.07. The standard InChI is InChI=1S/C9H11NO3/c1-2-7(11)10-4-3-6-5-9(6,10)8(12)13/h2,6H,1,3-5H2,(H,12,13)/t6?,9-/m1/s1. The van der Waals surface area contributed by atoms with Crippen molar-refractivity contribution < 1.29 is 14.7 Å². The molecule has 70 valence electrons. The summed E-state index contributed by atoms with van der Waals surface area (Å²) >= 11 is 0. The predicted molar refractivity (Wildman–Crippen MR) is 45.0 cm³/mol. The van der Waals surface area contributed by atoms with Gasteiger partial charge in [-0.05, 0) is 24.8 Å². The SMILES string of the molecule is C=CC(=O)N1CCC2C[C@]21C(=O)O. The first kappa shape index (κ1) is 8.29. The molecule has 13 heavy (non-hydrogen) atoms. The molecule has 1 saturated carbocycles. The maximum atomic E-state index is 11.3. The number of hydrogen-bond donors (Lipinski definition) is 1. The van der Waals surface area contributed by atoms with Gasteiger partial charge in [0.15, 0.2) is 0 Å². The van der Waals surface area contributed by atoms with Gasteiger partial charge in [-0.25, -0.2) is 4.79 Å². The fraction of sp³-hybridized carbons (Fsp3) is 0.556. The summed E-state index contributed by atoms with van der Waals surface area (Å²) in [5.74, 6) is -0.957.